The van der Waals surface area contributed by atoms with Crippen molar-refractivity contribution < 1.29 is 23.8 Å². The fourth-order valence-electron chi connectivity index (χ4n) is 2.66. The summed E-state index contributed by atoms with van der Waals surface area (Å²) in [5.74, 6) is -1.13. The van der Waals surface area contributed by atoms with Gasteiger partial charge < -0.3 is 14.6 Å². The number of aliphatic hydroxyl groups is 1. The van der Waals surface area contributed by atoms with Gasteiger partial charge in [0.2, 0.25) is 0 Å². The van der Waals surface area contributed by atoms with Crippen molar-refractivity contribution in [2.24, 2.45) is 5.92 Å². The Labute approximate surface area is 155 Å². The maximum absolute atomic E-state index is 14.2. The number of aliphatic hydroxyl groups excluding tert-OH is 1. The molecule has 1 aromatic carbocycles. The summed E-state index contributed by atoms with van der Waals surface area (Å²) in [6.07, 6.45) is 1.28. The maximum Gasteiger partial charge on any atom is 0.310 e. The normalized spacial score (nSPS) is 23.3. The van der Waals surface area contributed by atoms with Crippen molar-refractivity contribution in [3.8, 4) is 5.75 Å². The highest BCUT2D eigenvalue weighted by atomic mass is 79.9. The first kappa shape index (κ1) is 19.5. The van der Waals surface area contributed by atoms with Crippen molar-refractivity contribution >= 4 is 21.9 Å². The van der Waals surface area contributed by atoms with E-state index in [1.54, 1.807) is 32.9 Å². The summed E-state index contributed by atoms with van der Waals surface area (Å²) >= 11 is 3.16. The number of benzene rings is 1. The van der Waals surface area contributed by atoms with Crippen molar-refractivity contribution in [2.75, 3.05) is 6.61 Å². The first-order chi connectivity index (χ1) is 11.7. The molecule has 0 heterocycles. The van der Waals surface area contributed by atoms with Crippen molar-refractivity contribution in [3.05, 3.63) is 51.5 Å². The molecule has 25 heavy (non-hydrogen) atoms. The predicted molar refractivity (Wildman–Crippen MR) is 97.5 cm³/mol. The van der Waals surface area contributed by atoms with Crippen LogP contribution in [0.3, 0.4) is 0 Å². The standard InChI is InChI=1S/C19H22BrFO4/c1-5-24-17(22)9-13-7-6-11(2)8-16(13)25-19(4)12(3)15(21)10-14(20)18(19)23/h6-8,10,12,23H,5,9H2,1-4H3/t12-,19-/m0/s1. The fraction of sp³-hybridized carbons (Fsp3) is 0.421. The number of halogens is 2. The van der Waals surface area contributed by atoms with Gasteiger partial charge in [-0.2, -0.15) is 0 Å². The highest BCUT2D eigenvalue weighted by molar-refractivity contribution is 9.11. The predicted octanol–water partition coefficient (Wildman–Crippen LogP) is 4.91. The minimum atomic E-state index is -1.30. The molecule has 0 saturated carbocycles. The molecule has 0 amide bonds. The molecule has 6 heteroatoms. The van der Waals surface area contributed by atoms with Crippen LogP contribution in [0.2, 0.25) is 0 Å². The monoisotopic (exact) mass is 412 g/mol. The average molecular weight is 413 g/mol. The van der Waals surface area contributed by atoms with E-state index in [1.807, 2.05) is 13.0 Å². The minimum absolute atomic E-state index is 0.0396. The molecular formula is C19H22BrFO4. The number of carbonyl (C=O) groups excluding carboxylic acids is 1. The third kappa shape index (κ3) is 4.06. The molecule has 2 rings (SSSR count). The van der Waals surface area contributed by atoms with Gasteiger partial charge in [0.25, 0.3) is 0 Å². The SMILES string of the molecule is CCOC(=O)Cc1ccc(C)cc1O[C@]1(C)C(O)=C(Br)C=C(F)[C@@H]1C. The molecule has 1 aliphatic carbocycles. The Balaban J connectivity index is 2.40. The van der Waals surface area contributed by atoms with Gasteiger partial charge in [0, 0.05) is 5.56 Å². The summed E-state index contributed by atoms with van der Waals surface area (Å²) in [5, 5.41) is 10.5. The lowest BCUT2D eigenvalue weighted by Crippen LogP contribution is -2.44. The van der Waals surface area contributed by atoms with Crippen LogP contribution in [0, 0.1) is 12.8 Å². The van der Waals surface area contributed by atoms with Crippen LogP contribution in [0.5, 0.6) is 5.75 Å². The second-order valence-electron chi connectivity index (χ2n) is 6.25. The summed E-state index contributed by atoms with van der Waals surface area (Å²) in [6.45, 7) is 7.19. The largest absolute Gasteiger partial charge is 0.507 e. The Morgan fingerprint density at radius 3 is 2.76 bits per heavy atom. The molecule has 4 nitrogen and oxygen atoms in total. The van der Waals surface area contributed by atoms with Crippen LogP contribution in [0.1, 0.15) is 31.9 Å². The summed E-state index contributed by atoms with van der Waals surface area (Å²) in [4.78, 5) is 11.8. The molecule has 0 spiro atoms. The van der Waals surface area contributed by atoms with Gasteiger partial charge in [-0.05, 0) is 54.4 Å². The molecule has 0 aromatic heterocycles. The molecule has 1 aliphatic rings. The molecule has 0 radical (unpaired) electrons. The quantitative estimate of drug-likeness (QED) is 0.698. The van der Waals surface area contributed by atoms with E-state index >= 15 is 0 Å². The van der Waals surface area contributed by atoms with Gasteiger partial charge in [-0.25, -0.2) is 4.39 Å². The van der Waals surface area contributed by atoms with Crippen LogP contribution in [0.25, 0.3) is 0 Å². The number of carbonyl (C=O) groups is 1. The van der Waals surface area contributed by atoms with Crippen LogP contribution in [-0.2, 0) is 16.0 Å². The van der Waals surface area contributed by atoms with Gasteiger partial charge >= 0.3 is 5.97 Å². The van der Waals surface area contributed by atoms with Crippen molar-refractivity contribution in [2.45, 2.75) is 39.7 Å². The Morgan fingerprint density at radius 1 is 1.44 bits per heavy atom. The molecule has 2 atom stereocenters. The Bertz CT molecular complexity index is 741. The first-order valence-electron chi connectivity index (χ1n) is 8.09. The third-order valence-corrected chi connectivity index (χ3v) is 4.99. The zero-order chi connectivity index (χ0) is 18.8. The van der Waals surface area contributed by atoms with Gasteiger partial charge in [-0.15, -0.1) is 0 Å². The van der Waals surface area contributed by atoms with E-state index in [0.29, 0.717) is 17.9 Å². The number of rotatable bonds is 5. The van der Waals surface area contributed by atoms with E-state index in [9.17, 15) is 14.3 Å². The first-order valence-corrected chi connectivity index (χ1v) is 8.88. The van der Waals surface area contributed by atoms with Gasteiger partial charge in [-0.3, -0.25) is 4.79 Å². The Hall–Kier alpha value is -1.82. The number of ether oxygens (including phenoxy) is 2. The summed E-state index contributed by atoms with van der Waals surface area (Å²) < 4.78 is 25.5. The number of aryl methyl sites for hydroxylation is 1. The molecule has 1 aromatic rings. The van der Waals surface area contributed by atoms with E-state index in [4.69, 9.17) is 9.47 Å². The van der Waals surface area contributed by atoms with Gasteiger partial charge in [0.05, 0.1) is 23.4 Å². The van der Waals surface area contributed by atoms with Crippen LogP contribution in [0.4, 0.5) is 4.39 Å². The maximum atomic E-state index is 14.2. The fourth-order valence-corrected chi connectivity index (χ4v) is 3.27. The number of allylic oxidation sites excluding steroid dienone is 2. The number of hydrogen-bond donors (Lipinski definition) is 1. The topological polar surface area (TPSA) is 55.8 Å². The molecule has 0 aliphatic heterocycles. The van der Waals surface area contributed by atoms with Crippen LogP contribution >= 0.6 is 15.9 Å². The molecule has 0 bridgehead atoms. The molecule has 0 fully saturated rings. The van der Waals surface area contributed by atoms with Crippen molar-refractivity contribution in [1.29, 1.82) is 0 Å². The smallest absolute Gasteiger partial charge is 0.310 e. The van der Waals surface area contributed by atoms with Crippen molar-refractivity contribution in [3.63, 3.8) is 0 Å². The zero-order valence-corrected chi connectivity index (χ0v) is 16.3. The van der Waals surface area contributed by atoms with E-state index < -0.39 is 17.3 Å². The van der Waals surface area contributed by atoms with Gasteiger partial charge in [0.15, 0.2) is 11.4 Å². The van der Waals surface area contributed by atoms with Crippen LogP contribution in [-0.4, -0.2) is 23.3 Å². The van der Waals surface area contributed by atoms with Gasteiger partial charge in [0.1, 0.15) is 11.6 Å². The molecule has 1 N–H and O–H groups in total. The lowest BCUT2D eigenvalue weighted by molar-refractivity contribution is -0.142. The van der Waals surface area contributed by atoms with E-state index in [0.717, 1.165) is 5.56 Å². The lowest BCUT2D eigenvalue weighted by Gasteiger charge is -2.38. The highest BCUT2D eigenvalue weighted by Gasteiger charge is 2.44. The van der Waals surface area contributed by atoms with Gasteiger partial charge in [-0.1, -0.05) is 19.1 Å². The lowest BCUT2D eigenvalue weighted by atomic mass is 9.83. The van der Waals surface area contributed by atoms with E-state index in [-0.39, 0.29) is 22.6 Å². The number of esters is 1. The van der Waals surface area contributed by atoms with E-state index in [1.165, 1.54) is 6.08 Å². The van der Waals surface area contributed by atoms with Crippen molar-refractivity contribution in [1.82, 2.24) is 0 Å². The summed E-state index contributed by atoms with van der Waals surface area (Å²) in [7, 11) is 0. The van der Waals surface area contributed by atoms with Crippen LogP contribution in [0.15, 0.2) is 40.3 Å². The molecule has 0 unspecified atom stereocenters. The Morgan fingerprint density at radius 2 is 2.12 bits per heavy atom. The Kier molecular flexibility index (Phi) is 5.93. The average Bonchev–Trinajstić information content (AvgIpc) is 2.54. The third-order valence-electron chi connectivity index (χ3n) is 4.39. The highest BCUT2D eigenvalue weighted by Crippen LogP contribution is 2.43. The molecular weight excluding hydrogens is 391 g/mol. The second-order valence-corrected chi connectivity index (χ2v) is 7.10. The molecule has 136 valence electrons. The zero-order valence-electron chi connectivity index (χ0n) is 14.7. The summed E-state index contributed by atoms with van der Waals surface area (Å²) in [6, 6.07) is 5.41. The van der Waals surface area contributed by atoms with E-state index in [2.05, 4.69) is 15.9 Å². The van der Waals surface area contributed by atoms with Crippen LogP contribution < -0.4 is 4.74 Å². The summed E-state index contributed by atoms with van der Waals surface area (Å²) in [5.41, 5.74) is 0.249. The second kappa shape index (κ2) is 7.60. The molecule has 0 saturated heterocycles. The minimum Gasteiger partial charge on any atom is -0.507 e. The number of hydrogen-bond acceptors (Lipinski definition) is 4.